The van der Waals surface area contributed by atoms with Gasteiger partial charge >= 0.3 is 5.97 Å². The fourth-order valence-electron chi connectivity index (χ4n) is 3.29. The number of rotatable bonds is 10. The highest BCUT2D eigenvalue weighted by Crippen LogP contribution is 2.29. The van der Waals surface area contributed by atoms with Crippen molar-refractivity contribution in [3.05, 3.63) is 41.5 Å². The van der Waals surface area contributed by atoms with E-state index in [9.17, 15) is 9.59 Å². The molecular formula is C22H27N5O5. The minimum Gasteiger partial charge on any atom is -0.494 e. The lowest BCUT2D eigenvalue weighted by Gasteiger charge is -2.14. The van der Waals surface area contributed by atoms with Crippen molar-refractivity contribution >= 4 is 23.3 Å². The lowest BCUT2D eigenvalue weighted by molar-refractivity contribution is -0.147. The van der Waals surface area contributed by atoms with Crippen LogP contribution in [-0.4, -0.2) is 51.3 Å². The van der Waals surface area contributed by atoms with Crippen LogP contribution in [-0.2, 0) is 20.7 Å². The Morgan fingerprint density at radius 2 is 1.91 bits per heavy atom. The number of esters is 1. The summed E-state index contributed by atoms with van der Waals surface area (Å²) >= 11 is 0. The number of carbonyl (C=O) groups is 2. The molecule has 0 radical (unpaired) electrons. The van der Waals surface area contributed by atoms with Crippen molar-refractivity contribution in [1.82, 2.24) is 19.6 Å². The molecule has 2 heterocycles. The first kappa shape index (κ1) is 23.0. The van der Waals surface area contributed by atoms with Crippen molar-refractivity contribution in [2.24, 2.45) is 0 Å². The molecule has 0 aliphatic heterocycles. The van der Waals surface area contributed by atoms with E-state index >= 15 is 0 Å². The highest BCUT2D eigenvalue weighted by molar-refractivity contribution is 5.94. The largest absolute Gasteiger partial charge is 0.494 e. The molecule has 0 saturated carbocycles. The Morgan fingerprint density at radius 3 is 2.66 bits per heavy atom. The predicted octanol–water partition coefficient (Wildman–Crippen LogP) is 2.65. The number of benzene rings is 1. The minimum atomic E-state index is -0.481. The number of aryl methyl sites for hydroxylation is 2. The highest BCUT2D eigenvalue weighted by atomic mass is 16.5. The Labute approximate surface area is 185 Å². The average molecular weight is 441 g/mol. The third-order valence-electron chi connectivity index (χ3n) is 4.77. The molecule has 0 atom stereocenters. The summed E-state index contributed by atoms with van der Waals surface area (Å²) in [7, 11) is 0. The number of anilines is 1. The van der Waals surface area contributed by atoms with Crippen LogP contribution in [0.3, 0.4) is 0 Å². The highest BCUT2D eigenvalue weighted by Gasteiger charge is 2.15. The van der Waals surface area contributed by atoms with Gasteiger partial charge in [-0.25, -0.2) is 9.50 Å². The molecule has 0 unspecified atom stereocenters. The molecule has 3 aromatic rings. The van der Waals surface area contributed by atoms with Crippen LogP contribution >= 0.6 is 0 Å². The molecule has 1 aromatic carbocycles. The molecule has 0 saturated heterocycles. The number of nitrogens with one attached hydrogen (secondary N) is 1. The SMILES string of the molecule is CCOc1ccc(OCC)c(NC(=O)COC(=O)CCc2c(C)nc3ncnn3c2C)c1. The van der Waals surface area contributed by atoms with Crippen molar-refractivity contribution in [2.45, 2.75) is 40.5 Å². The Hall–Kier alpha value is -3.69. The molecule has 1 N–H and O–H groups in total. The van der Waals surface area contributed by atoms with Crippen LogP contribution in [0.4, 0.5) is 5.69 Å². The predicted molar refractivity (Wildman–Crippen MR) is 117 cm³/mol. The summed E-state index contributed by atoms with van der Waals surface area (Å²) in [4.78, 5) is 33.0. The lowest BCUT2D eigenvalue weighted by atomic mass is 10.1. The number of amides is 1. The van der Waals surface area contributed by atoms with Crippen molar-refractivity contribution in [3.8, 4) is 11.5 Å². The van der Waals surface area contributed by atoms with E-state index in [4.69, 9.17) is 14.2 Å². The molecule has 2 aromatic heterocycles. The van der Waals surface area contributed by atoms with Gasteiger partial charge in [-0.3, -0.25) is 9.59 Å². The summed E-state index contributed by atoms with van der Waals surface area (Å²) in [5.41, 5.74) is 3.01. The van der Waals surface area contributed by atoms with E-state index in [1.54, 1.807) is 22.7 Å². The minimum absolute atomic E-state index is 0.112. The number of aromatic nitrogens is 4. The molecule has 0 aliphatic carbocycles. The molecule has 0 spiro atoms. The molecule has 170 valence electrons. The first-order chi connectivity index (χ1) is 15.4. The molecule has 0 bridgehead atoms. The van der Waals surface area contributed by atoms with E-state index in [0.29, 0.717) is 42.6 Å². The normalized spacial score (nSPS) is 10.8. The summed E-state index contributed by atoms with van der Waals surface area (Å²) in [6.07, 6.45) is 1.97. The Morgan fingerprint density at radius 1 is 1.12 bits per heavy atom. The van der Waals surface area contributed by atoms with Crippen LogP contribution in [0.1, 0.15) is 37.2 Å². The van der Waals surface area contributed by atoms with Crippen LogP contribution in [0.15, 0.2) is 24.5 Å². The maximum absolute atomic E-state index is 12.3. The van der Waals surface area contributed by atoms with E-state index in [1.807, 2.05) is 27.7 Å². The van der Waals surface area contributed by atoms with Crippen LogP contribution < -0.4 is 14.8 Å². The molecule has 3 rings (SSSR count). The van der Waals surface area contributed by atoms with Crippen molar-refractivity contribution in [2.75, 3.05) is 25.1 Å². The zero-order valence-corrected chi connectivity index (χ0v) is 18.7. The average Bonchev–Trinajstić information content (AvgIpc) is 3.23. The third kappa shape index (κ3) is 5.51. The van der Waals surface area contributed by atoms with Gasteiger partial charge in [0.25, 0.3) is 11.7 Å². The van der Waals surface area contributed by atoms with Crippen LogP contribution in [0.25, 0.3) is 5.78 Å². The second-order valence-electron chi connectivity index (χ2n) is 6.97. The Bertz CT molecular complexity index is 1110. The number of hydrogen-bond acceptors (Lipinski definition) is 8. The lowest BCUT2D eigenvalue weighted by Crippen LogP contribution is -2.21. The summed E-state index contributed by atoms with van der Waals surface area (Å²) < 4.78 is 17.8. The van der Waals surface area contributed by atoms with Gasteiger partial charge in [0.15, 0.2) is 6.61 Å². The number of nitrogens with zero attached hydrogens (tertiary/aromatic N) is 4. The molecule has 32 heavy (non-hydrogen) atoms. The van der Waals surface area contributed by atoms with Crippen LogP contribution in [0, 0.1) is 13.8 Å². The first-order valence-electron chi connectivity index (χ1n) is 10.4. The van der Waals surface area contributed by atoms with Crippen LogP contribution in [0.2, 0.25) is 0 Å². The number of carbonyl (C=O) groups excluding carboxylic acids is 2. The summed E-state index contributed by atoms with van der Waals surface area (Å²) in [5, 5.41) is 6.85. The van der Waals surface area contributed by atoms with E-state index < -0.39 is 18.5 Å². The Kier molecular flexibility index (Phi) is 7.58. The Balaban J connectivity index is 1.55. The summed E-state index contributed by atoms with van der Waals surface area (Å²) in [5.74, 6) is 0.684. The van der Waals surface area contributed by atoms with Gasteiger partial charge in [-0.15, -0.1) is 0 Å². The fourth-order valence-corrected chi connectivity index (χ4v) is 3.29. The monoisotopic (exact) mass is 441 g/mol. The van der Waals surface area contributed by atoms with Crippen LogP contribution in [0.5, 0.6) is 11.5 Å². The molecule has 0 aliphatic rings. The third-order valence-corrected chi connectivity index (χ3v) is 4.77. The van der Waals surface area contributed by atoms with Gasteiger partial charge < -0.3 is 19.5 Å². The topological polar surface area (TPSA) is 117 Å². The summed E-state index contributed by atoms with van der Waals surface area (Å²) in [6, 6.07) is 5.16. The standard InChI is InChI=1S/C22H27N5O5/c1-5-30-16-7-9-19(31-6-2)18(11-16)26-20(28)12-32-21(29)10-8-17-14(3)25-22-23-13-24-27(22)15(17)4/h7,9,11,13H,5-6,8,10,12H2,1-4H3,(H,26,28). The smallest absolute Gasteiger partial charge is 0.306 e. The first-order valence-corrected chi connectivity index (χ1v) is 10.4. The van der Waals surface area contributed by atoms with Crippen molar-refractivity contribution in [3.63, 3.8) is 0 Å². The van der Waals surface area contributed by atoms with Gasteiger partial charge in [-0.05, 0) is 51.8 Å². The van der Waals surface area contributed by atoms with E-state index in [1.165, 1.54) is 6.33 Å². The van der Waals surface area contributed by atoms with E-state index in [-0.39, 0.29) is 6.42 Å². The van der Waals surface area contributed by atoms with E-state index in [2.05, 4.69) is 20.4 Å². The molecule has 10 heteroatoms. The zero-order valence-electron chi connectivity index (χ0n) is 18.7. The van der Waals surface area contributed by atoms with Gasteiger partial charge in [0, 0.05) is 23.9 Å². The number of hydrogen-bond donors (Lipinski definition) is 1. The van der Waals surface area contributed by atoms with E-state index in [0.717, 1.165) is 17.0 Å². The zero-order chi connectivity index (χ0) is 23.1. The van der Waals surface area contributed by atoms with Gasteiger partial charge in [0.2, 0.25) is 0 Å². The maximum atomic E-state index is 12.3. The number of fused-ring (bicyclic) bond motifs is 1. The van der Waals surface area contributed by atoms with Gasteiger partial charge in [0.05, 0.1) is 18.9 Å². The maximum Gasteiger partial charge on any atom is 0.306 e. The van der Waals surface area contributed by atoms with Crippen molar-refractivity contribution < 1.29 is 23.8 Å². The number of ether oxygens (including phenoxy) is 3. The second-order valence-corrected chi connectivity index (χ2v) is 6.97. The quantitative estimate of drug-likeness (QED) is 0.477. The van der Waals surface area contributed by atoms with Gasteiger partial charge in [0.1, 0.15) is 17.8 Å². The fraction of sp³-hybridized carbons (Fsp3) is 0.409. The summed E-state index contributed by atoms with van der Waals surface area (Å²) in [6.45, 7) is 8.03. The second kappa shape index (κ2) is 10.6. The van der Waals surface area contributed by atoms with Gasteiger partial charge in [-0.2, -0.15) is 10.1 Å². The molecule has 0 fully saturated rings. The molecule has 1 amide bonds. The molecule has 10 nitrogen and oxygen atoms in total. The van der Waals surface area contributed by atoms with Gasteiger partial charge in [-0.1, -0.05) is 0 Å². The molecular weight excluding hydrogens is 414 g/mol. The van der Waals surface area contributed by atoms with Crippen molar-refractivity contribution in [1.29, 1.82) is 0 Å².